The fourth-order valence-corrected chi connectivity index (χ4v) is 6.19. The number of benzene rings is 2. The predicted molar refractivity (Wildman–Crippen MR) is 165 cm³/mol. The van der Waals surface area contributed by atoms with Gasteiger partial charge in [-0.1, -0.05) is 41.7 Å². The van der Waals surface area contributed by atoms with Crippen molar-refractivity contribution in [1.29, 1.82) is 0 Å². The molecule has 2 aromatic carbocycles. The SMILES string of the molecule is CCOC(=O)c1ccc(-c2ccc(/C=c3/sc4n(c3=O)[C@H](c3ccccc3OC)C(C(=O)N(CC)CC)=C(C)N=4)o2)cc1. The van der Waals surface area contributed by atoms with Gasteiger partial charge in [-0.25, -0.2) is 9.79 Å². The number of likely N-dealkylation sites (N-methyl/N-ethyl adjacent to an activating group) is 1. The van der Waals surface area contributed by atoms with E-state index in [4.69, 9.17) is 18.9 Å². The zero-order chi connectivity index (χ0) is 30.7. The second-order valence-electron chi connectivity index (χ2n) is 9.80. The lowest BCUT2D eigenvalue weighted by Gasteiger charge is -2.29. The number of furan rings is 1. The van der Waals surface area contributed by atoms with Crippen LogP contribution >= 0.6 is 11.3 Å². The summed E-state index contributed by atoms with van der Waals surface area (Å²) in [6.45, 7) is 8.79. The molecule has 1 amide bonds. The summed E-state index contributed by atoms with van der Waals surface area (Å²) in [6, 6.07) is 17.2. The van der Waals surface area contributed by atoms with Crippen molar-refractivity contribution < 1.29 is 23.5 Å². The Morgan fingerprint density at radius 1 is 1.05 bits per heavy atom. The van der Waals surface area contributed by atoms with Crippen molar-refractivity contribution in [3.8, 4) is 17.1 Å². The van der Waals surface area contributed by atoms with Crippen LogP contribution in [0.1, 0.15) is 55.4 Å². The number of amides is 1. The predicted octanol–water partition coefficient (Wildman–Crippen LogP) is 4.55. The second-order valence-corrected chi connectivity index (χ2v) is 10.8. The number of rotatable bonds is 9. The number of nitrogens with zero attached hydrogens (tertiary/aromatic N) is 3. The molecular formula is C33H33N3O6S. The van der Waals surface area contributed by atoms with Crippen molar-refractivity contribution in [3.63, 3.8) is 0 Å². The van der Waals surface area contributed by atoms with Crippen LogP contribution in [-0.2, 0) is 9.53 Å². The maximum atomic E-state index is 14.0. The molecule has 10 heteroatoms. The third-order valence-electron chi connectivity index (χ3n) is 7.32. The molecule has 0 unspecified atom stereocenters. The number of carbonyl (C=O) groups is 2. The van der Waals surface area contributed by atoms with Crippen molar-refractivity contribution in [2.24, 2.45) is 4.99 Å². The largest absolute Gasteiger partial charge is 0.496 e. The van der Waals surface area contributed by atoms with Crippen LogP contribution in [-0.4, -0.2) is 48.1 Å². The number of hydrogen-bond donors (Lipinski definition) is 0. The number of fused-ring (bicyclic) bond motifs is 1. The Balaban J connectivity index is 1.59. The number of carbonyl (C=O) groups excluding carboxylic acids is 2. The summed E-state index contributed by atoms with van der Waals surface area (Å²) in [6.07, 6.45) is 1.69. The second kappa shape index (κ2) is 12.7. The van der Waals surface area contributed by atoms with Crippen molar-refractivity contribution >= 4 is 29.3 Å². The number of methoxy groups -OCH3 is 1. The van der Waals surface area contributed by atoms with Gasteiger partial charge in [-0.3, -0.25) is 14.2 Å². The van der Waals surface area contributed by atoms with Crippen LogP contribution in [0.5, 0.6) is 5.75 Å². The first-order chi connectivity index (χ1) is 20.8. The normalized spacial score (nSPS) is 14.7. The minimum atomic E-state index is -0.715. The van der Waals surface area contributed by atoms with Gasteiger partial charge in [0.15, 0.2) is 4.80 Å². The molecule has 1 aliphatic heterocycles. The quantitative estimate of drug-likeness (QED) is 0.262. The molecule has 1 atom stereocenters. The molecule has 2 aromatic heterocycles. The molecule has 9 nitrogen and oxygen atoms in total. The molecule has 0 saturated carbocycles. The van der Waals surface area contributed by atoms with Gasteiger partial charge in [0, 0.05) is 30.3 Å². The van der Waals surface area contributed by atoms with Gasteiger partial charge in [0.05, 0.1) is 35.1 Å². The Morgan fingerprint density at radius 3 is 2.44 bits per heavy atom. The van der Waals surface area contributed by atoms with Gasteiger partial charge >= 0.3 is 5.97 Å². The van der Waals surface area contributed by atoms with E-state index in [1.165, 1.54) is 11.3 Å². The van der Waals surface area contributed by atoms with Gasteiger partial charge in [-0.2, -0.15) is 0 Å². The van der Waals surface area contributed by atoms with Gasteiger partial charge in [0.2, 0.25) is 0 Å². The van der Waals surface area contributed by atoms with Gasteiger partial charge < -0.3 is 18.8 Å². The Hall–Kier alpha value is -4.70. The number of esters is 1. The highest BCUT2D eigenvalue weighted by molar-refractivity contribution is 7.07. The minimum absolute atomic E-state index is 0.166. The number of ether oxygens (including phenoxy) is 2. The summed E-state index contributed by atoms with van der Waals surface area (Å²) >= 11 is 1.24. The molecule has 5 rings (SSSR count). The van der Waals surface area contributed by atoms with E-state index < -0.39 is 6.04 Å². The summed E-state index contributed by atoms with van der Waals surface area (Å²) in [4.78, 5) is 46.8. The van der Waals surface area contributed by atoms with Crippen LogP contribution in [0.4, 0.5) is 0 Å². The van der Waals surface area contributed by atoms with Crippen molar-refractivity contribution in [3.05, 3.63) is 109 Å². The summed E-state index contributed by atoms with van der Waals surface area (Å²) in [5, 5.41) is 0. The van der Waals surface area contributed by atoms with Gasteiger partial charge in [-0.15, -0.1) is 0 Å². The molecule has 0 N–H and O–H groups in total. The summed E-state index contributed by atoms with van der Waals surface area (Å²) in [5.41, 5.74) is 2.66. The first-order valence-electron chi connectivity index (χ1n) is 14.1. The number of allylic oxidation sites excluding steroid dienone is 1. The van der Waals surface area contributed by atoms with Gasteiger partial charge in [-0.05, 0) is 58.0 Å². The van der Waals surface area contributed by atoms with E-state index in [2.05, 4.69) is 0 Å². The van der Waals surface area contributed by atoms with E-state index in [9.17, 15) is 14.4 Å². The monoisotopic (exact) mass is 599 g/mol. The Labute approximate surface area is 253 Å². The fraction of sp³-hybridized carbons (Fsp3) is 0.273. The zero-order valence-corrected chi connectivity index (χ0v) is 25.6. The van der Waals surface area contributed by atoms with Crippen molar-refractivity contribution in [2.45, 2.75) is 33.7 Å². The van der Waals surface area contributed by atoms with E-state index in [1.807, 2.05) is 51.1 Å². The third kappa shape index (κ3) is 5.70. The summed E-state index contributed by atoms with van der Waals surface area (Å²) < 4.78 is 18.8. The standard InChI is InChI=1S/C33H33N3O6S/c1-6-35(7-2)31(38)28-20(4)34-33-36(29(28)24-11-9-10-12-26(24)40-5)30(37)27(43-33)19-23-17-18-25(42-23)21-13-15-22(16-14-21)32(39)41-8-3/h9-19,29H,6-8H2,1-5H3/b27-19+/t29-/m1/s1. The maximum Gasteiger partial charge on any atom is 0.338 e. The Kier molecular flexibility index (Phi) is 8.77. The van der Waals surface area contributed by atoms with Crippen molar-refractivity contribution in [2.75, 3.05) is 26.8 Å². The molecule has 0 saturated heterocycles. The van der Waals surface area contributed by atoms with Crippen molar-refractivity contribution in [1.82, 2.24) is 9.47 Å². The first kappa shape index (κ1) is 29.8. The van der Waals surface area contributed by atoms with E-state index in [1.54, 1.807) is 59.9 Å². The van der Waals surface area contributed by atoms with Gasteiger partial charge in [0.1, 0.15) is 23.3 Å². The lowest BCUT2D eigenvalue weighted by atomic mass is 9.94. The number of aromatic nitrogens is 1. The Bertz CT molecular complexity index is 1880. The highest BCUT2D eigenvalue weighted by atomic mass is 32.1. The van der Waals surface area contributed by atoms with Crippen LogP contribution in [0.2, 0.25) is 0 Å². The molecule has 1 aliphatic rings. The van der Waals surface area contributed by atoms with E-state index in [-0.39, 0.29) is 17.4 Å². The van der Waals surface area contributed by atoms with Gasteiger partial charge in [0.25, 0.3) is 11.5 Å². The molecule has 0 bridgehead atoms. The third-order valence-corrected chi connectivity index (χ3v) is 8.30. The molecule has 3 heterocycles. The smallest absolute Gasteiger partial charge is 0.338 e. The molecule has 222 valence electrons. The molecule has 4 aromatic rings. The summed E-state index contributed by atoms with van der Waals surface area (Å²) in [5.74, 6) is 1.10. The lowest BCUT2D eigenvalue weighted by Crippen LogP contribution is -2.43. The highest BCUT2D eigenvalue weighted by Crippen LogP contribution is 2.36. The lowest BCUT2D eigenvalue weighted by molar-refractivity contribution is -0.127. The first-order valence-corrected chi connectivity index (χ1v) is 14.9. The molecular weight excluding hydrogens is 566 g/mol. The fourth-order valence-electron chi connectivity index (χ4n) is 5.16. The number of hydrogen-bond acceptors (Lipinski definition) is 8. The van der Waals surface area contributed by atoms with Crippen LogP contribution in [0.15, 0.2) is 86.1 Å². The van der Waals surface area contributed by atoms with E-state index >= 15 is 0 Å². The van der Waals surface area contributed by atoms with E-state index in [0.29, 0.717) is 68.7 Å². The minimum Gasteiger partial charge on any atom is -0.496 e. The molecule has 0 spiro atoms. The average Bonchev–Trinajstić information content (AvgIpc) is 3.61. The van der Waals surface area contributed by atoms with Crippen LogP contribution in [0.3, 0.4) is 0 Å². The van der Waals surface area contributed by atoms with Crippen LogP contribution in [0, 0.1) is 0 Å². The highest BCUT2D eigenvalue weighted by Gasteiger charge is 2.35. The summed E-state index contributed by atoms with van der Waals surface area (Å²) in [7, 11) is 1.57. The average molecular weight is 600 g/mol. The Morgan fingerprint density at radius 2 is 1.77 bits per heavy atom. The maximum absolute atomic E-state index is 14.0. The zero-order valence-electron chi connectivity index (χ0n) is 24.7. The molecule has 0 radical (unpaired) electrons. The molecule has 0 fully saturated rings. The van der Waals surface area contributed by atoms with Crippen LogP contribution < -0.4 is 19.6 Å². The van der Waals surface area contributed by atoms with E-state index in [0.717, 1.165) is 5.56 Å². The van der Waals surface area contributed by atoms with Crippen LogP contribution in [0.25, 0.3) is 17.4 Å². The number of para-hydroxylation sites is 1. The molecule has 0 aliphatic carbocycles. The topological polar surface area (TPSA) is 103 Å². The molecule has 43 heavy (non-hydrogen) atoms. The number of thiazole rings is 1.